The Morgan fingerprint density at radius 3 is 1.93 bits per heavy atom. The number of pyridine rings is 1. The number of benzene rings is 2. The average molecular weight is 402 g/mol. The highest BCUT2D eigenvalue weighted by molar-refractivity contribution is 6.09. The third-order valence-corrected chi connectivity index (χ3v) is 5.18. The number of nitrogens with two attached hydrogens (primary N) is 1. The van der Waals surface area contributed by atoms with Gasteiger partial charge in [0.25, 0.3) is 5.91 Å². The van der Waals surface area contributed by atoms with E-state index in [2.05, 4.69) is 4.98 Å². The number of methoxy groups -OCH3 is 2. The minimum atomic E-state index is -1.29. The molecule has 30 heavy (non-hydrogen) atoms. The SMILES string of the molecule is COc1ccc(C2(c3ccc(OC)cc3)N=C(N)N(Cc3ccccn3)C2=O)cc1. The summed E-state index contributed by atoms with van der Waals surface area (Å²) in [5.74, 6) is 1.30. The lowest BCUT2D eigenvalue weighted by molar-refractivity contribution is -0.130. The Kier molecular flexibility index (Phi) is 5.10. The van der Waals surface area contributed by atoms with Gasteiger partial charge >= 0.3 is 0 Å². The molecule has 0 spiro atoms. The lowest BCUT2D eigenvalue weighted by atomic mass is 9.82. The van der Waals surface area contributed by atoms with Crippen molar-refractivity contribution in [2.45, 2.75) is 12.1 Å². The molecule has 1 aromatic heterocycles. The number of ether oxygens (including phenoxy) is 2. The molecule has 1 amide bonds. The largest absolute Gasteiger partial charge is 0.497 e. The van der Waals surface area contributed by atoms with Gasteiger partial charge < -0.3 is 15.2 Å². The van der Waals surface area contributed by atoms with Crippen LogP contribution >= 0.6 is 0 Å². The summed E-state index contributed by atoms with van der Waals surface area (Å²) in [5.41, 5.74) is 7.09. The van der Waals surface area contributed by atoms with Crippen LogP contribution in [0, 0.1) is 0 Å². The van der Waals surface area contributed by atoms with Crippen molar-refractivity contribution in [2.24, 2.45) is 10.7 Å². The number of nitrogens with zero attached hydrogens (tertiary/aromatic N) is 3. The van der Waals surface area contributed by atoms with Crippen molar-refractivity contribution in [2.75, 3.05) is 14.2 Å². The molecule has 0 bridgehead atoms. The van der Waals surface area contributed by atoms with Crippen molar-refractivity contribution < 1.29 is 14.3 Å². The van der Waals surface area contributed by atoms with Crippen molar-refractivity contribution in [3.63, 3.8) is 0 Å². The van der Waals surface area contributed by atoms with Gasteiger partial charge in [0.05, 0.1) is 26.5 Å². The summed E-state index contributed by atoms with van der Waals surface area (Å²) >= 11 is 0. The maximum absolute atomic E-state index is 13.8. The first-order chi connectivity index (χ1) is 14.6. The molecule has 0 saturated heterocycles. The van der Waals surface area contributed by atoms with Crippen LogP contribution in [0.2, 0.25) is 0 Å². The van der Waals surface area contributed by atoms with Gasteiger partial charge in [0, 0.05) is 6.20 Å². The molecule has 1 aliphatic rings. The van der Waals surface area contributed by atoms with Crippen LogP contribution in [0.3, 0.4) is 0 Å². The zero-order chi connectivity index (χ0) is 21.1. The minimum absolute atomic E-state index is 0.150. The van der Waals surface area contributed by atoms with Crippen LogP contribution in [-0.4, -0.2) is 36.0 Å². The van der Waals surface area contributed by atoms with Crippen molar-refractivity contribution >= 4 is 11.9 Å². The molecule has 2 heterocycles. The quantitative estimate of drug-likeness (QED) is 0.685. The molecule has 2 N–H and O–H groups in total. The minimum Gasteiger partial charge on any atom is -0.497 e. The van der Waals surface area contributed by atoms with Crippen LogP contribution in [0.1, 0.15) is 16.8 Å². The summed E-state index contributed by atoms with van der Waals surface area (Å²) in [7, 11) is 3.19. The second kappa shape index (κ2) is 7.87. The molecule has 2 aromatic carbocycles. The van der Waals surface area contributed by atoms with E-state index < -0.39 is 5.54 Å². The molecule has 7 nitrogen and oxygen atoms in total. The molecule has 0 unspecified atom stereocenters. The highest BCUT2D eigenvalue weighted by atomic mass is 16.5. The molecule has 0 atom stereocenters. The van der Waals surface area contributed by atoms with Crippen LogP contribution in [0.4, 0.5) is 0 Å². The molecule has 0 aliphatic carbocycles. The predicted octanol–water partition coefficient (Wildman–Crippen LogP) is 2.70. The van der Waals surface area contributed by atoms with Gasteiger partial charge in [-0.25, -0.2) is 4.99 Å². The zero-order valence-electron chi connectivity index (χ0n) is 16.8. The van der Waals surface area contributed by atoms with Crippen LogP contribution in [0.5, 0.6) is 11.5 Å². The molecular formula is C23H22N4O3. The van der Waals surface area contributed by atoms with Crippen molar-refractivity contribution in [1.82, 2.24) is 9.88 Å². The Labute approximate surface area is 174 Å². The molecule has 0 radical (unpaired) electrons. The van der Waals surface area contributed by atoms with Gasteiger partial charge in [0.1, 0.15) is 11.5 Å². The smallest absolute Gasteiger partial charge is 0.266 e. The maximum atomic E-state index is 13.8. The van der Waals surface area contributed by atoms with Gasteiger partial charge in [0.15, 0.2) is 11.5 Å². The lowest BCUT2D eigenvalue weighted by Crippen LogP contribution is -2.43. The summed E-state index contributed by atoms with van der Waals surface area (Å²) < 4.78 is 10.5. The molecule has 3 aromatic rings. The van der Waals surface area contributed by atoms with Crippen molar-refractivity contribution in [1.29, 1.82) is 0 Å². The second-order valence-electron chi connectivity index (χ2n) is 6.85. The molecule has 152 valence electrons. The maximum Gasteiger partial charge on any atom is 0.266 e. The van der Waals surface area contributed by atoms with Crippen LogP contribution in [-0.2, 0) is 16.9 Å². The van der Waals surface area contributed by atoms with Gasteiger partial charge in [-0.2, -0.15) is 0 Å². The van der Waals surface area contributed by atoms with Gasteiger partial charge in [0.2, 0.25) is 0 Å². The molecule has 7 heteroatoms. The summed E-state index contributed by atoms with van der Waals surface area (Å²) in [5, 5.41) is 0. The lowest BCUT2D eigenvalue weighted by Gasteiger charge is -2.27. The number of carbonyl (C=O) groups excluding carboxylic acids is 1. The number of hydrogen-bond donors (Lipinski definition) is 1. The Bertz CT molecular complexity index is 1020. The number of amides is 1. The monoisotopic (exact) mass is 402 g/mol. The Hall–Kier alpha value is -3.87. The normalized spacial score (nSPS) is 15.1. The fourth-order valence-corrected chi connectivity index (χ4v) is 3.59. The van der Waals surface area contributed by atoms with E-state index in [1.165, 1.54) is 4.90 Å². The fraction of sp³-hybridized carbons (Fsp3) is 0.174. The first-order valence-corrected chi connectivity index (χ1v) is 9.44. The number of guanidine groups is 1. The summed E-state index contributed by atoms with van der Waals surface area (Å²) in [6, 6.07) is 20.1. The highest BCUT2D eigenvalue weighted by Gasteiger charge is 2.50. The number of aromatic nitrogens is 1. The van der Waals surface area contributed by atoms with E-state index in [4.69, 9.17) is 20.2 Å². The van der Waals surface area contributed by atoms with E-state index in [-0.39, 0.29) is 18.4 Å². The van der Waals surface area contributed by atoms with Gasteiger partial charge in [-0.3, -0.25) is 14.7 Å². The van der Waals surface area contributed by atoms with E-state index in [9.17, 15) is 4.79 Å². The van der Waals surface area contributed by atoms with Crippen molar-refractivity contribution in [3.8, 4) is 11.5 Å². The first-order valence-electron chi connectivity index (χ1n) is 9.44. The predicted molar refractivity (Wildman–Crippen MR) is 113 cm³/mol. The number of carbonyl (C=O) groups is 1. The zero-order valence-corrected chi connectivity index (χ0v) is 16.8. The van der Waals surface area contributed by atoms with Crippen molar-refractivity contribution in [3.05, 3.63) is 89.7 Å². The van der Waals surface area contributed by atoms with E-state index in [0.717, 1.165) is 5.69 Å². The third-order valence-electron chi connectivity index (χ3n) is 5.18. The Balaban J connectivity index is 1.81. The van der Waals surface area contributed by atoms with E-state index >= 15 is 0 Å². The molecule has 0 fully saturated rings. The number of aliphatic imine (C=N–C) groups is 1. The van der Waals surface area contributed by atoms with Crippen LogP contribution in [0.15, 0.2) is 77.9 Å². The highest BCUT2D eigenvalue weighted by Crippen LogP contribution is 2.41. The third kappa shape index (κ3) is 3.24. The molecular weight excluding hydrogens is 380 g/mol. The van der Waals surface area contributed by atoms with E-state index in [1.54, 1.807) is 44.7 Å². The van der Waals surface area contributed by atoms with Gasteiger partial charge in [-0.15, -0.1) is 0 Å². The average Bonchev–Trinajstić information content (AvgIpc) is 3.05. The summed E-state index contributed by atoms with van der Waals surface area (Å²) in [4.78, 5) is 24.3. The van der Waals surface area contributed by atoms with E-state index in [0.29, 0.717) is 22.6 Å². The molecule has 1 aliphatic heterocycles. The van der Waals surface area contributed by atoms with Crippen LogP contribution < -0.4 is 15.2 Å². The van der Waals surface area contributed by atoms with Gasteiger partial charge in [-0.05, 0) is 47.5 Å². The number of hydrogen-bond acceptors (Lipinski definition) is 6. The number of rotatable bonds is 6. The topological polar surface area (TPSA) is 90.0 Å². The Morgan fingerprint density at radius 2 is 1.47 bits per heavy atom. The summed E-state index contributed by atoms with van der Waals surface area (Å²) in [6.07, 6.45) is 1.68. The van der Waals surface area contributed by atoms with Gasteiger partial charge in [-0.1, -0.05) is 30.3 Å². The fourth-order valence-electron chi connectivity index (χ4n) is 3.59. The molecule has 0 saturated carbocycles. The Morgan fingerprint density at radius 1 is 0.900 bits per heavy atom. The summed E-state index contributed by atoms with van der Waals surface area (Å²) in [6.45, 7) is 0.239. The first kappa shape index (κ1) is 19.4. The second-order valence-corrected chi connectivity index (χ2v) is 6.85. The molecule has 4 rings (SSSR count). The van der Waals surface area contributed by atoms with Crippen LogP contribution in [0.25, 0.3) is 0 Å². The standard InChI is InChI=1S/C23H22N4O3/c1-29-19-10-6-16(7-11-19)23(17-8-12-20(30-2)13-9-17)21(28)27(22(24)26-23)15-18-5-3-4-14-25-18/h3-14H,15H2,1-2H3,(H2,24,26). The van der Waals surface area contributed by atoms with E-state index in [1.807, 2.05) is 42.5 Å².